The fraction of sp³-hybridized carbons (Fsp3) is 0.312. The van der Waals surface area contributed by atoms with Gasteiger partial charge < -0.3 is 10.2 Å². The van der Waals surface area contributed by atoms with Crippen LogP contribution in [0.4, 0.5) is 19.0 Å². The Morgan fingerprint density at radius 3 is 2.50 bits per heavy atom. The van der Waals surface area contributed by atoms with Gasteiger partial charge >= 0.3 is 6.18 Å². The van der Waals surface area contributed by atoms with Crippen molar-refractivity contribution < 1.29 is 13.2 Å². The van der Waals surface area contributed by atoms with Gasteiger partial charge in [0.05, 0.1) is 11.6 Å². The number of nitrogens with zero attached hydrogens (tertiary/aromatic N) is 4. The van der Waals surface area contributed by atoms with Crippen LogP contribution in [0.15, 0.2) is 36.4 Å². The number of benzene rings is 1. The SMILES string of the molecule is CN(C)C(CNc1ccc(C#N)nn1)c1cccc(C(F)(F)F)c1. The first-order chi connectivity index (χ1) is 11.3. The summed E-state index contributed by atoms with van der Waals surface area (Å²) < 4.78 is 38.6. The summed E-state index contributed by atoms with van der Waals surface area (Å²) in [6, 6.07) is 9.96. The minimum Gasteiger partial charge on any atom is -0.367 e. The number of aromatic nitrogens is 2. The second kappa shape index (κ2) is 7.27. The molecule has 0 aliphatic carbocycles. The van der Waals surface area contributed by atoms with E-state index in [-0.39, 0.29) is 11.7 Å². The summed E-state index contributed by atoms with van der Waals surface area (Å²) in [6.07, 6.45) is -4.38. The summed E-state index contributed by atoms with van der Waals surface area (Å²) in [5.74, 6) is 0.452. The number of rotatable bonds is 5. The van der Waals surface area contributed by atoms with Crippen LogP contribution in [0.25, 0.3) is 0 Å². The number of halogens is 3. The third-order valence-corrected chi connectivity index (χ3v) is 3.48. The Hall–Kier alpha value is -2.66. The van der Waals surface area contributed by atoms with E-state index in [1.807, 2.05) is 11.0 Å². The minimum atomic E-state index is -4.38. The monoisotopic (exact) mass is 335 g/mol. The van der Waals surface area contributed by atoms with Gasteiger partial charge in [0.15, 0.2) is 5.69 Å². The summed E-state index contributed by atoms with van der Waals surface area (Å²) in [5, 5.41) is 19.3. The molecule has 2 aromatic rings. The molecule has 0 spiro atoms. The van der Waals surface area contributed by atoms with Crippen LogP contribution in [0.5, 0.6) is 0 Å². The van der Waals surface area contributed by atoms with Crippen LogP contribution in [-0.4, -0.2) is 35.7 Å². The van der Waals surface area contributed by atoms with Gasteiger partial charge in [0, 0.05) is 6.54 Å². The topological polar surface area (TPSA) is 64.8 Å². The van der Waals surface area contributed by atoms with E-state index in [1.54, 1.807) is 26.2 Å². The van der Waals surface area contributed by atoms with Crippen LogP contribution in [0.3, 0.4) is 0 Å². The van der Waals surface area contributed by atoms with Crippen molar-refractivity contribution in [3.8, 4) is 6.07 Å². The molecule has 0 saturated carbocycles. The summed E-state index contributed by atoms with van der Waals surface area (Å²) in [4.78, 5) is 1.82. The van der Waals surface area contributed by atoms with Gasteiger partial charge in [-0.15, -0.1) is 10.2 Å². The van der Waals surface area contributed by atoms with E-state index in [2.05, 4.69) is 15.5 Å². The second-order valence-electron chi connectivity index (χ2n) is 5.40. The molecule has 1 N–H and O–H groups in total. The first-order valence-electron chi connectivity index (χ1n) is 7.12. The molecule has 126 valence electrons. The normalized spacial score (nSPS) is 12.7. The van der Waals surface area contributed by atoms with Crippen molar-refractivity contribution in [3.63, 3.8) is 0 Å². The zero-order valence-electron chi connectivity index (χ0n) is 13.2. The van der Waals surface area contributed by atoms with Crippen LogP contribution in [0.1, 0.15) is 22.9 Å². The number of nitrogens with one attached hydrogen (secondary N) is 1. The Kier molecular flexibility index (Phi) is 5.36. The average molecular weight is 335 g/mol. The molecular weight excluding hydrogens is 319 g/mol. The quantitative estimate of drug-likeness (QED) is 0.910. The Morgan fingerprint density at radius 1 is 1.21 bits per heavy atom. The van der Waals surface area contributed by atoms with Crippen molar-refractivity contribution in [3.05, 3.63) is 53.2 Å². The molecule has 0 saturated heterocycles. The van der Waals surface area contributed by atoms with Crippen molar-refractivity contribution >= 4 is 5.82 Å². The Labute approximate surface area is 137 Å². The maximum Gasteiger partial charge on any atom is 0.416 e. The molecule has 5 nitrogen and oxygen atoms in total. The summed E-state index contributed by atoms with van der Waals surface area (Å²) in [7, 11) is 3.58. The fourth-order valence-corrected chi connectivity index (χ4v) is 2.21. The van der Waals surface area contributed by atoms with E-state index in [0.29, 0.717) is 17.9 Å². The molecule has 1 heterocycles. The molecule has 0 bridgehead atoms. The molecule has 2 rings (SSSR count). The zero-order chi connectivity index (χ0) is 17.7. The van der Waals surface area contributed by atoms with Crippen molar-refractivity contribution in [2.45, 2.75) is 12.2 Å². The van der Waals surface area contributed by atoms with Gasteiger partial charge in [-0.1, -0.05) is 12.1 Å². The molecule has 1 atom stereocenters. The lowest BCUT2D eigenvalue weighted by molar-refractivity contribution is -0.137. The number of alkyl halides is 3. The molecule has 8 heteroatoms. The van der Waals surface area contributed by atoms with Crippen LogP contribution in [0.2, 0.25) is 0 Å². The molecule has 0 fully saturated rings. The van der Waals surface area contributed by atoms with Gasteiger partial charge in [-0.3, -0.25) is 0 Å². The maximum atomic E-state index is 12.9. The molecule has 1 unspecified atom stereocenters. The number of hydrogen-bond acceptors (Lipinski definition) is 5. The highest BCUT2D eigenvalue weighted by Crippen LogP contribution is 2.31. The lowest BCUT2D eigenvalue weighted by Crippen LogP contribution is -2.27. The van der Waals surface area contributed by atoms with E-state index in [1.165, 1.54) is 12.1 Å². The summed E-state index contributed by atoms with van der Waals surface area (Å²) in [5.41, 5.74) is 0.0662. The maximum absolute atomic E-state index is 12.9. The van der Waals surface area contributed by atoms with Crippen molar-refractivity contribution in [1.29, 1.82) is 5.26 Å². The Bertz CT molecular complexity index is 720. The van der Waals surface area contributed by atoms with Crippen LogP contribution in [0, 0.1) is 11.3 Å². The average Bonchev–Trinajstić information content (AvgIpc) is 2.55. The van der Waals surface area contributed by atoms with Gasteiger partial charge in [0.1, 0.15) is 11.9 Å². The van der Waals surface area contributed by atoms with Crippen molar-refractivity contribution in [1.82, 2.24) is 15.1 Å². The fourth-order valence-electron chi connectivity index (χ4n) is 2.21. The summed E-state index contributed by atoms with van der Waals surface area (Å²) >= 11 is 0. The highest BCUT2D eigenvalue weighted by molar-refractivity contribution is 5.36. The molecular formula is C16H16F3N5. The van der Waals surface area contributed by atoms with Crippen molar-refractivity contribution in [2.24, 2.45) is 0 Å². The first-order valence-corrected chi connectivity index (χ1v) is 7.12. The third kappa shape index (κ3) is 4.43. The highest BCUT2D eigenvalue weighted by atomic mass is 19.4. The minimum absolute atomic E-state index is 0.197. The molecule has 0 radical (unpaired) electrons. The lowest BCUT2D eigenvalue weighted by Gasteiger charge is -2.26. The predicted molar refractivity (Wildman–Crippen MR) is 83.1 cm³/mol. The van der Waals surface area contributed by atoms with Gasteiger partial charge in [0.25, 0.3) is 0 Å². The molecule has 1 aromatic carbocycles. The van der Waals surface area contributed by atoms with Gasteiger partial charge in [-0.25, -0.2) is 0 Å². The number of hydrogen-bond donors (Lipinski definition) is 1. The predicted octanol–water partition coefficient (Wildman–Crippen LogP) is 3.08. The molecule has 0 aliphatic heterocycles. The molecule has 0 amide bonds. The van der Waals surface area contributed by atoms with E-state index in [9.17, 15) is 13.2 Å². The van der Waals surface area contributed by atoms with Crippen LogP contribution >= 0.6 is 0 Å². The Morgan fingerprint density at radius 2 is 1.96 bits per heavy atom. The lowest BCUT2D eigenvalue weighted by atomic mass is 10.0. The molecule has 0 aliphatic rings. The standard InChI is InChI=1S/C16H16F3N5/c1-24(2)14(10-21-15-7-6-13(9-20)22-23-15)11-4-3-5-12(8-11)16(17,18)19/h3-8,14H,10H2,1-2H3,(H,21,23). The number of nitriles is 1. The smallest absolute Gasteiger partial charge is 0.367 e. The molecule has 1 aromatic heterocycles. The van der Waals surface area contributed by atoms with Crippen LogP contribution < -0.4 is 5.32 Å². The Balaban J connectivity index is 2.16. The zero-order valence-corrected chi connectivity index (χ0v) is 13.2. The third-order valence-electron chi connectivity index (χ3n) is 3.48. The molecule has 24 heavy (non-hydrogen) atoms. The number of likely N-dealkylation sites (N-methyl/N-ethyl adjacent to an activating group) is 1. The number of anilines is 1. The highest BCUT2D eigenvalue weighted by Gasteiger charge is 2.31. The summed E-state index contributed by atoms with van der Waals surface area (Å²) in [6.45, 7) is 0.342. The second-order valence-corrected chi connectivity index (χ2v) is 5.40. The van der Waals surface area contributed by atoms with E-state index >= 15 is 0 Å². The largest absolute Gasteiger partial charge is 0.416 e. The van der Waals surface area contributed by atoms with E-state index in [4.69, 9.17) is 5.26 Å². The van der Waals surface area contributed by atoms with Gasteiger partial charge in [-0.05, 0) is 43.9 Å². The van der Waals surface area contributed by atoms with E-state index in [0.717, 1.165) is 12.1 Å². The van der Waals surface area contributed by atoms with Gasteiger partial charge in [-0.2, -0.15) is 18.4 Å². The van der Waals surface area contributed by atoms with Gasteiger partial charge in [0.2, 0.25) is 0 Å². The van der Waals surface area contributed by atoms with Crippen molar-refractivity contribution in [2.75, 3.05) is 26.0 Å². The van der Waals surface area contributed by atoms with E-state index < -0.39 is 11.7 Å². The van der Waals surface area contributed by atoms with Crippen LogP contribution in [-0.2, 0) is 6.18 Å². The first kappa shape index (κ1) is 17.7.